The first-order valence-electron chi connectivity index (χ1n) is 6.73. The second-order valence-electron chi connectivity index (χ2n) is 5.20. The zero-order valence-corrected chi connectivity index (χ0v) is 15.5. The molecule has 0 N–H and O–H groups in total. The molecular weight excluding hydrogens is 379 g/mol. The van der Waals surface area contributed by atoms with Gasteiger partial charge in [0.25, 0.3) is 10.1 Å². The summed E-state index contributed by atoms with van der Waals surface area (Å²) in [5.41, 5.74) is 2.39. The van der Waals surface area contributed by atoms with Crippen LogP contribution >= 0.6 is 34.8 Å². The van der Waals surface area contributed by atoms with Crippen molar-refractivity contribution in [3.63, 3.8) is 0 Å². The first-order valence-corrected chi connectivity index (χ1v) is 9.27. The van der Waals surface area contributed by atoms with E-state index < -0.39 is 20.0 Å². The average molecular weight is 394 g/mol. The predicted octanol–water partition coefficient (Wildman–Crippen LogP) is 5.12. The molecule has 0 bridgehead atoms. The molecule has 0 heterocycles. The van der Waals surface area contributed by atoms with Gasteiger partial charge in [-0.25, -0.2) is 0 Å². The van der Waals surface area contributed by atoms with Crippen molar-refractivity contribution in [2.24, 2.45) is 0 Å². The van der Waals surface area contributed by atoms with Gasteiger partial charge in [0, 0.05) is 0 Å². The maximum Gasteiger partial charge on any atom is 0.297 e. The van der Waals surface area contributed by atoms with Crippen LogP contribution in [0.2, 0.25) is 0 Å². The van der Waals surface area contributed by atoms with Crippen LogP contribution in [-0.2, 0) is 14.3 Å². The molecule has 1 unspecified atom stereocenters. The highest BCUT2D eigenvalue weighted by Crippen LogP contribution is 2.44. The van der Waals surface area contributed by atoms with Crippen LogP contribution in [0, 0.1) is 13.8 Å². The molecule has 23 heavy (non-hydrogen) atoms. The Labute approximate surface area is 151 Å². The van der Waals surface area contributed by atoms with E-state index in [-0.39, 0.29) is 4.90 Å². The Kier molecular flexibility index (Phi) is 5.64. The first-order chi connectivity index (χ1) is 10.6. The van der Waals surface area contributed by atoms with Crippen molar-refractivity contribution in [3.05, 3.63) is 65.2 Å². The molecule has 0 aliphatic rings. The number of halogens is 3. The minimum absolute atomic E-state index is 0.00876. The molecule has 7 heteroatoms. The monoisotopic (exact) mass is 392 g/mol. The molecule has 0 fully saturated rings. The fourth-order valence-electron chi connectivity index (χ4n) is 1.93. The molecule has 2 rings (SSSR count). The number of hydrogen-bond acceptors (Lipinski definition) is 3. The van der Waals surface area contributed by atoms with Crippen molar-refractivity contribution in [2.45, 2.75) is 28.6 Å². The van der Waals surface area contributed by atoms with Crippen molar-refractivity contribution in [1.29, 1.82) is 0 Å². The summed E-state index contributed by atoms with van der Waals surface area (Å²) in [4.78, 5) is 0.00876. The normalized spacial score (nSPS) is 13.8. The molecule has 124 valence electrons. The molecule has 0 spiro atoms. The van der Waals surface area contributed by atoms with Crippen molar-refractivity contribution >= 4 is 44.9 Å². The van der Waals surface area contributed by atoms with Crippen LogP contribution in [0.15, 0.2) is 53.4 Å². The van der Waals surface area contributed by atoms with Crippen molar-refractivity contribution in [2.75, 3.05) is 0 Å². The number of benzene rings is 2. The third kappa shape index (κ3) is 4.85. The Morgan fingerprint density at radius 3 is 1.74 bits per heavy atom. The largest absolute Gasteiger partial charge is 0.297 e. The lowest BCUT2D eigenvalue weighted by molar-refractivity contribution is 0.217. The molecule has 0 amide bonds. The SMILES string of the molecule is Cc1ccc(C(OS(=O)(=O)c2ccc(C)cc2)C(Cl)(Cl)Cl)cc1. The van der Waals surface area contributed by atoms with Crippen molar-refractivity contribution in [1.82, 2.24) is 0 Å². The minimum Gasteiger partial charge on any atom is -0.254 e. The quantitative estimate of drug-likeness (QED) is 0.535. The Hall–Kier alpha value is -0.780. The van der Waals surface area contributed by atoms with E-state index in [2.05, 4.69) is 0 Å². The van der Waals surface area contributed by atoms with Gasteiger partial charge in [-0.15, -0.1) is 0 Å². The van der Waals surface area contributed by atoms with Gasteiger partial charge in [0.1, 0.15) is 6.10 Å². The Morgan fingerprint density at radius 2 is 1.30 bits per heavy atom. The second-order valence-corrected chi connectivity index (χ2v) is 9.14. The molecule has 1 atom stereocenters. The summed E-state index contributed by atoms with van der Waals surface area (Å²) in [7, 11) is -4.07. The summed E-state index contributed by atoms with van der Waals surface area (Å²) in [6.45, 7) is 3.76. The lowest BCUT2D eigenvalue weighted by Crippen LogP contribution is -2.23. The van der Waals surface area contributed by atoms with E-state index in [0.717, 1.165) is 11.1 Å². The van der Waals surface area contributed by atoms with Gasteiger partial charge in [0.05, 0.1) is 4.90 Å². The third-order valence-electron chi connectivity index (χ3n) is 3.21. The van der Waals surface area contributed by atoms with Gasteiger partial charge in [-0.1, -0.05) is 82.3 Å². The van der Waals surface area contributed by atoms with E-state index in [1.165, 1.54) is 12.1 Å². The fraction of sp³-hybridized carbons (Fsp3) is 0.250. The molecule has 0 aromatic heterocycles. The molecule has 0 saturated carbocycles. The number of alkyl halides is 3. The van der Waals surface area contributed by atoms with Gasteiger partial charge in [-0.2, -0.15) is 8.42 Å². The maximum absolute atomic E-state index is 12.4. The summed E-state index contributed by atoms with van der Waals surface area (Å²) in [5, 5.41) is 0. The lowest BCUT2D eigenvalue weighted by atomic mass is 10.1. The molecule has 2 aromatic carbocycles. The van der Waals surface area contributed by atoms with Crippen molar-refractivity contribution < 1.29 is 12.6 Å². The van der Waals surface area contributed by atoms with Crippen molar-refractivity contribution in [3.8, 4) is 0 Å². The van der Waals surface area contributed by atoms with E-state index in [9.17, 15) is 8.42 Å². The summed E-state index contributed by atoms with van der Waals surface area (Å²) in [5.74, 6) is 0. The third-order valence-corrected chi connectivity index (χ3v) is 5.10. The molecule has 0 aliphatic heterocycles. The zero-order valence-electron chi connectivity index (χ0n) is 12.5. The van der Waals surface area contributed by atoms with E-state index in [4.69, 9.17) is 39.0 Å². The van der Waals surface area contributed by atoms with Crippen LogP contribution in [0.1, 0.15) is 22.8 Å². The van der Waals surface area contributed by atoms with Crippen LogP contribution in [0.25, 0.3) is 0 Å². The van der Waals surface area contributed by atoms with Crippen LogP contribution in [0.4, 0.5) is 0 Å². The first kappa shape index (κ1) is 18.6. The smallest absolute Gasteiger partial charge is 0.254 e. The molecule has 0 radical (unpaired) electrons. The summed E-state index contributed by atoms with van der Waals surface area (Å²) >= 11 is 17.8. The predicted molar refractivity (Wildman–Crippen MR) is 93.7 cm³/mol. The molecular formula is C16H15Cl3O3S. The van der Waals surface area contributed by atoms with Crippen LogP contribution in [-0.4, -0.2) is 12.2 Å². The van der Waals surface area contributed by atoms with Gasteiger partial charge in [-0.3, -0.25) is 4.18 Å². The fourth-order valence-corrected chi connectivity index (χ4v) is 3.69. The lowest BCUT2D eigenvalue weighted by Gasteiger charge is -2.24. The zero-order chi connectivity index (χ0) is 17.3. The Balaban J connectivity index is 2.38. The molecule has 2 aromatic rings. The van der Waals surface area contributed by atoms with Crippen LogP contribution in [0.3, 0.4) is 0 Å². The van der Waals surface area contributed by atoms with Gasteiger partial charge < -0.3 is 0 Å². The highest BCUT2D eigenvalue weighted by Gasteiger charge is 2.39. The van der Waals surface area contributed by atoms with Gasteiger partial charge in [0.15, 0.2) is 0 Å². The molecule has 3 nitrogen and oxygen atoms in total. The Bertz CT molecular complexity index is 764. The van der Waals surface area contributed by atoms with E-state index in [1.54, 1.807) is 36.4 Å². The topological polar surface area (TPSA) is 43.4 Å². The standard InChI is InChI=1S/C16H15Cl3O3S/c1-11-3-7-13(8-4-11)15(16(17,18)19)22-23(20,21)14-9-5-12(2)6-10-14/h3-10,15H,1-2H3. The van der Waals surface area contributed by atoms with E-state index in [1.807, 2.05) is 13.8 Å². The molecule has 0 saturated heterocycles. The number of hydrogen-bond donors (Lipinski definition) is 0. The summed E-state index contributed by atoms with van der Waals surface area (Å²) < 4.78 is 28.2. The van der Waals surface area contributed by atoms with Gasteiger partial charge >= 0.3 is 0 Å². The second kappa shape index (κ2) is 6.99. The Morgan fingerprint density at radius 1 is 0.870 bits per heavy atom. The number of rotatable bonds is 4. The van der Waals surface area contributed by atoms with Crippen LogP contribution < -0.4 is 0 Å². The van der Waals surface area contributed by atoms with Gasteiger partial charge in [0.2, 0.25) is 3.79 Å². The minimum atomic E-state index is -4.07. The van der Waals surface area contributed by atoms with E-state index >= 15 is 0 Å². The number of aryl methyl sites for hydroxylation is 2. The maximum atomic E-state index is 12.4. The van der Waals surface area contributed by atoms with E-state index in [0.29, 0.717) is 5.56 Å². The summed E-state index contributed by atoms with van der Waals surface area (Å²) in [6, 6.07) is 13.2. The van der Waals surface area contributed by atoms with Gasteiger partial charge in [-0.05, 0) is 31.5 Å². The highest BCUT2D eigenvalue weighted by atomic mass is 35.6. The average Bonchev–Trinajstić information content (AvgIpc) is 2.45. The summed E-state index contributed by atoms with van der Waals surface area (Å²) in [6.07, 6.45) is -1.25. The molecule has 0 aliphatic carbocycles. The highest BCUT2D eigenvalue weighted by molar-refractivity contribution is 7.86. The van der Waals surface area contributed by atoms with Crippen LogP contribution in [0.5, 0.6) is 0 Å².